The van der Waals surface area contributed by atoms with Crippen LogP contribution in [0, 0.1) is 0 Å². The largest absolute Gasteiger partial charge is 0.383 e. The minimum absolute atomic E-state index is 0.0557. The lowest BCUT2D eigenvalue weighted by Crippen LogP contribution is -2.38. The van der Waals surface area contributed by atoms with Gasteiger partial charge in [-0.1, -0.05) is 13.3 Å². The third kappa shape index (κ3) is 3.96. The second kappa shape index (κ2) is 7.28. The minimum atomic E-state index is -0.417. The molecule has 0 atom stereocenters. The maximum Gasteiger partial charge on any atom is 0.258 e. The highest BCUT2D eigenvalue weighted by atomic mass is 79.9. The van der Waals surface area contributed by atoms with Gasteiger partial charge >= 0.3 is 0 Å². The van der Waals surface area contributed by atoms with Crippen LogP contribution in [0.1, 0.15) is 30.1 Å². The summed E-state index contributed by atoms with van der Waals surface area (Å²) in [5.74, 6) is -0.300. The van der Waals surface area contributed by atoms with Crippen LogP contribution in [0.3, 0.4) is 0 Å². The molecule has 3 N–H and O–H groups in total. The number of nitrogen functional groups attached to an aromatic ring is 1. The molecule has 0 fully saturated rings. The van der Waals surface area contributed by atoms with E-state index in [1.165, 1.54) is 4.68 Å². The number of aryl methyl sites for hydroxylation is 1. The molecule has 0 aliphatic carbocycles. The maximum atomic E-state index is 12.0. The second-order valence-corrected chi connectivity index (χ2v) is 5.28. The van der Waals surface area contributed by atoms with Gasteiger partial charge in [0.25, 0.3) is 5.91 Å². The second-order valence-electron chi connectivity index (χ2n) is 4.53. The molecule has 20 heavy (non-hydrogen) atoms. The SMILES string of the molecule is CCCCN(C)C(=O)CNC(=O)c1c(Br)nn(C)c1N. The Labute approximate surface area is 126 Å². The summed E-state index contributed by atoms with van der Waals surface area (Å²) < 4.78 is 1.76. The molecule has 1 rings (SSSR count). The summed E-state index contributed by atoms with van der Waals surface area (Å²) in [5.41, 5.74) is 6.00. The van der Waals surface area contributed by atoms with Gasteiger partial charge in [0.2, 0.25) is 5.91 Å². The molecule has 8 heteroatoms. The normalized spacial score (nSPS) is 10.4. The summed E-state index contributed by atoms with van der Waals surface area (Å²) in [6, 6.07) is 0. The predicted octanol–water partition coefficient (Wildman–Crippen LogP) is 0.753. The Balaban J connectivity index is 2.57. The van der Waals surface area contributed by atoms with E-state index in [1.54, 1.807) is 19.0 Å². The Morgan fingerprint density at radius 1 is 1.50 bits per heavy atom. The zero-order valence-electron chi connectivity index (χ0n) is 11.9. The first-order valence-corrected chi connectivity index (χ1v) is 7.17. The molecule has 0 aromatic carbocycles. The zero-order chi connectivity index (χ0) is 15.3. The molecule has 2 amide bonds. The van der Waals surface area contributed by atoms with Gasteiger partial charge in [0, 0.05) is 20.6 Å². The molecule has 0 aliphatic rings. The van der Waals surface area contributed by atoms with Crippen LogP contribution < -0.4 is 11.1 Å². The van der Waals surface area contributed by atoms with E-state index < -0.39 is 5.91 Å². The van der Waals surface area contributed by atoms with Crippen LogP contribution in [0.2, 0.25) is 0 Å². The number of nitrogens with two attached hydrogens (primary N) is 1. The number of carbonyl (C=O) groups excluding carboxylic acids is 2. The van der Waals surface area contributed by atoms with Crippen molar-refractivity contribution in [3.63, 3.8) is 0 Å². The van der Waals surface area contributed by atoms with Crippen LogP contribution >= 0.6 is 15.9 Å². The number of nitrogens with zero attached hydrogens (tertiary/aromatic N) is 3. The van der Waals surface area contributed by atoms with Crippen LogP contribution in [0.5, 0.6) is 0 Å². The van der Waals surface area contributed by atoms with Gasteiger partial charge in [-0.25, -0.2) is 0 Å². The number of amides is 2. The van der Waals surface area contributed by atoms with Gasteiger partial charge in [-0.05, 0) is 22.4 Å². The van der Waals surface area contributed by atoms with Gasteiger partial charge in [-0.15, -0.1) is 0 Å². The van der Waals surface area contributed by atoms with Crippen molar-refractivity contribution in [3.8, 4) is 0 Å². The summed E-state index contributed by atoms with van der Waals surface area (Å²) in [5, 5.41) is 6.54. The highest BCUT2D eigenvalue weighted by Crippen LogP contribution is 2.20. The molecule has 0 aliphatic heterocycles. The van der Waals surface area contributed by atoms with Crippen molar-refractivity contribution < 1.29 is 9.59 Å². The van der Waals surface area contributed by atoms with Gasteiger partial charge < -0.3 is 16.0 Å². The van der Waals surface area contributed by atoms with E-state index in [-0.39, 0.29) is 23.8 Å². The Kier molecular flexibility index (Phi) is 6.00. The van der Waals surface area contributed by atoms with Crippen LogP contribution in [0.15, 0.2) is 4.60 Å². The van der Waals surface area contributed by atoms with Crippen LogP contribution in [-0.2, 0) is 11.8 Å². The lowest BCUT2D eigenvalue weighted by atomic mass is 10.3. The summed E-state index contributed by atoms with van der Waals surface area (Å²) >= 11 is 3.17. The number of hydrogen-bond acceptors (Lipinski definition) is 4. The quantitative estimate of drug-likeness (QED) is 0.795. The topological polar surface area (TPSA) is 93.2 Å². The smallest absolute Gasteiger partial charge is 0.258 e. The third-order valence-electron chi connectivity index (χ3n) is 2.95. The molecular formula is C12H20BrN5O2. The summed E-state index contributed by atoms with van der Waals surface area (Å²) in [4.78, 5) is 25.4. The molecular weight excluding hydrogens is 326 g/mol. The summed E-state index contributed by atoms with van der Waals surface area (Å²) in [6.45, 7) is 2.69. The molecule has 0 saturated heterocycles. The molecule has 1 aromatic rings. The van der Waals surface area contributed by atoms with Gasteiger partial charge in [-0.3, -0.25) is 14.3 Å². The van der Waals surface area contributed by atoms with Crippen LogP contribution in [0.25, 0.3) is 0 Å². The molecule has 1 heterocycles. The Hall–Kier alpha value is -1.57. The first kappa shape index (κ1) is 16.5. The van der Waals surface area contributed by atoms with E-state index in [4.69, 9.17) is 5.73 Å². The van der Waals surface area contributed by atoms with Crippen molar-refractivity contribution in [2.45, 2.75) is 19.8 Å². The summed E-state index contributed by atoms with van der Waals surface area (Å²) in [6.07, 6.45) is 1.96. The average Bonchev–Trinajstić information content (AvgIpc) is 2.66. The van der Waals surface area contributed by atoms with Gasteiger partial charge in [0.1, 0.15) is 16.0 Å². The predicted molar refractivity (Wildman–Crippen MR) is 80.2 cm³/mol. The molecule has 0 bridgehead atoms. The standard InChI is InChI=1S/C12H20BrN5O2/c1-4-5-6-17(2)8(19)7-15-12(20)9-10(13)16-18(3)11(9)14/h4-7,14H2,1-3H3,(H,15,20). The lowest BCUT2D eigenvalue weighted by molar-refractivity contribution is -0.128. The van der Waals surface area contributed by atoms with Crippen molar-refractivity contribution in [1.29, 1.82) is 0 Å². The first-order chi connectivity index (χ1) is 9.38. The van der Waals surface area contributed by atoms with Crippen molar-refractivity contribution >= 4 is 33.6 Å². The van der Waals surface area contributed by atoms with E-state index in [9.17, 15) is 9.59 Å². The molecule has 1 aromatic heterocycles. The van der Waals surface area contributed by atoms with E-state index in [0.29, 0.717) is 11.1 Å². The number of anilines is 1. The Bertz CT molecular complexity index is 500. The van der Waals surface area contributed by atoms with E-state index in [1.807, 2.05) is 0 Å². The number of halogens is 1. The molecule has 0 radical (unpaired) electrons. The third-order valence-corrected chi connectivity index (χ3v) is 3.50. The van der Waals surface area contributed by atoms with Crippen molar-refractivity contribution in [2.24, 2.45) is 7.05 Å². The number of carbonyl (C=O) groups is 2. The maximum absolute atomic E-state index is 12.0. The molecule has 7 nitrogen and oxygen atoms in total. The van der Waals surface area contributed by atoms with Crippen LogP contribution in [-0.4, -0.2) is 46.6 Å². The van der Waals surface area contributed by atoms with E-state index >= 15 is 0 Å². The van der Waals surface area contributed by atoms with Crippen molar-refractivity contribution in [2.75, 3.05) is 25.9 Å². The fourth-order valence-corrected chi connectivity index (χ4v) is 2.23. The Morgan fingerprint density at radius 2 is 2.15 bits per heavy atom. The van der Waals surface area contributed by atoms with Gasteiger partial charge in [-0.2, -0.15) is 5.10 Å². The van der Waals surface area contributed by atoms with Gasteiger partial charge in [0.15, 0.2) is 0 Å². The summed E-state index contributed by atoms with van der Waals surface area (Å²) in [7, 11) is 3.36. The lowest BCUT2D eigenvalue weighted by Gasteiger charge is -2.16. The van der Waals surface area contributed by atoms with Crippen molar-refractivity contribution in [3.05, 3.63) is 10.2 Å². The minimum Gasteiger partial charge on any atom is -0.383 e. The molecule has 112 valence electrons. The average molecular weight is 346 g/mol. The zero-order valence-corrected chi connectivity index (χ0v) is 13.5. The number of likely N-dealkylation sites (N-methyl/N-ethyl adjacent to an activating group) is 1. The van der Waals surface area contributed by atoms with Gasteiger partial charge in [0.05, 0.1) is 6.54 Å². The first-order valence-electron chi connectivity index (χ1n) is 6.38. The van der Waals surface area contributed by atoms with E-state index in [2.05, 4.69) is 33.3 Å². The fourth-order valence-electron chi connectivity index (χ4n) is 1.61. The molecule has 0 unspecified atom stereocenters. The highest BCUT2D eigenvalue weighted by molar-refractivity contribution is 9.10. The van der Waals surface area contributed by atoms with Crippen molar-refractivity contribution in [1.82, 2.24) is 20.0 Å². The number of unbranched alkanes of at least 4 members (excludes halogenated alkanes) is 1. The Morgan fingerprint density at radius 3 is 2.65 bits per heavy atom. The number of nitrogens with one attached hydrogen (secondary N) is 1. The number of aromatic nitrogens is 2. The number of rotatable bonds is 6. The highest BCUT2D eigenvalue weighted by Gasteiger charge is 2.20. The fraction of sp³-hybridized carbons (Fsp3) is 0.583. The van der Waals surface area contributed by atoms with Crippen LogP contribution in [0.4, 0.5) is 5.82 Å². The number of hydrogen-bond donors (Lipinski definition) is 2. The molecule has 0 saturated carbocycles. The van der Waals surface area contributed by atoms with E-state index in [0.717, 1.165) is 12.8 Å². The monoisotopic (exact) mass is 345 g/mol. The molecule has 0 spiro atoms.